The second kappa shape index (κ2) is 9.80. The fourth-order valence-corrected chi connectivity index (χ4v) is 4.10. The van der Waals surface area contributed by atoms with Crippen LogP contribution in [0.5, 0.6) is 0 Å². The molecular weight excluding hydrogens is 410 g/mol. The lowest BCUT2D eigenvalue weighted by Crippen LogP contribution is -2.43. The van der Waals surface area contributed by atoms with Gasteiger partial charge in [-0.25, -0.2) is 0 Å². The van der Waals surface area contributed by atoms with Crippen molar-refractivity contribution in [3.8, 4) is 0 Å². The fourth-order valence-electron chi connectivity index (χ4n) is 3.23. The van der Waals surface area contributed by atoms with E-state index in [-0.39, 0.29) is 23.5 Å². The lowest BCUT2D eigenvalue weighted by molar-refractivity contribution is -0.121. The molecule has 0 saturated carbocycles. The zero-order chi connectivity index (χ0) is 20.8. The number of nitrogens with two attached hydrogens (primary N) is 1. The molecule has 0 radical (unpaired) electrons. The Balaban J connectivity index is 1.65. The number of piperidine rings is 1. The number of thioether (sulfide) groups is 1. The summed E-state index contributed by atoms with van der Waals surface area (Å²) >= 11 is 7.17. The molecule has 1 saturated heterocycles. The van der Waals surface area contributed by atoms with Crippen LogP contribution in [0.2, 0.25) is 5.02 Å². The predicted molar refractivity (Wildman–Crippen MR) is 115 cm³/mol. The molecule has 1 aliphatic rings. The number of rotatable bonds is 6. The van der Waals surface area contributed by atoms with E-state index in [1.165, 1.54) is 11.8 Å². The quantitative estimate of drug-likeness (QED) is 0.685. The number of halogens is 1. The molecular formula is C21H22ClN3O3S. The number of para-hydroxylation sites is 1. The van der Waals surface area contributed by atoms with Crippen LogP contribution >= 0.6 is 23.4 Å². The van der Waals surface area contributed by atoms with E-state index in [0.29, 0.717) is 35.8 Å². The van der Waals surface area contributed by atoms with E-state index in [0.717, 1.165) is 11.3 Å². The Morgan fingerprint density at radius 1 is 1.14 bits per heavy atom. The molecule has 1 fully saturated rings. The lowest BCUT2D eigenvalue weighted by atomic mass is 9.96. The van der Waals surface area contributed by atoms with Gasteiger partial charge in [-0.2, -0.15) is 0 Å². The number of carbonyl (C=O) groups is 3. The molecule has 3 amide bonds. The largest absolute Gasteiger partial charge is 0.369 e. The van der Waals surface area contributed by atoms with E-state index >= 15 is 0 Å². The van der Waals surface area contributed by atoms with Gasteiger partial charge >= 0.3 is 0 Å². The van der Waals surface area contributed by atoms with Crippen molar-refractivity contribution in [3.05, 3.63) is 59.1 Å². The summed E-state index contributed by atoms with van der Waals surface area (Å²) < 4.78 is 0. The number of nitrogens with one attached hydrogen (secondary N) is 1. The Bertz CT molecular complexity index is 904. The average Bonchev–Trinajstić information content (AvgIpc) is 2.73. The minimum Gasteiger partial charge on any atom is -0.369 e. The number of primary amides is 1. The Morgan fingerprint density at radius 2 is 1.86 bits per heavy atom. The highest BCUT2D eigenvalue weighted by atomic mass is 35.5. The minimum absolute atomic E-state index is 0.100. The molecule has 152 valence electrons. The first-order valence-electron chi connectivity index (χ1n) is 9.30. The van der Waals surface area contributed by atoms with Gasteiger partial charge in [0.25, 0.3) is 5.91 Å². The van der Waals surface area contributed by atoms with Gasteiger partial charge in [-0.3, -0.25) is 14.4 Å². The predicted octanol–water partition coefficient (Wildman–Crippen LogP) is 3.41. The molecule has 3 rings (SSSR count). The Kier molecular flexibility index (Phi) is 7.17. The number of hydrogen-bond donors (Lipinski definition) is 2. The van der Waals surface area contributed by atoms with E-state index in [2.05, 4.69) is 5.32 Å². The molecule has 1 atom stereocenters. The molecule has 8 heteroatoms. The van der Waals surface area contributed by atoms with Gasteiger partial charge in [0.2, 0.25) is 11.8 Å². The summed E-state index contributed by atoms with van der Waals surface area (Å²) in [6.45, 7) is 0.986. The summed E-state index contributed by atoms with van der Waals surface area (Å²) in [7, 11) is 0. The van der Waals surface area contributed by atoms with Crippen LogP contribution in [0.25, 0.3) is 0 Å². The van der Waals surface area contributed by atoms with Crippen molar-refractivity contribution in [1.82, 2.24) is 4.90 Å². The van der Waals surface area contributed by atoms with Crippen molar-refractivity contribution in [1.29, 1.82) is 0 Å². The molecule has 0 aromatic heterocycles. The van der Waals surface area contributed by atoms with Crippen molar-refractivity contribution in [2.45, 2.75) is 17.7 Å². The smallest absolute Gasteiger partial charge is 0.253 e. The maximum Gasteiger partial charge on any atom is 0.253 e. The summed E-state index contributed by atoms with van der Waals surface area (Å²) in [5.74, 6) is -0.809. The standard InChI is InChI=1S/C21H22ClN3O3S/c22-16-9-7-14(8-10-16)21(28)25-11-3-4-15(12-25)20(27)24-17-5-1-2-6-18(17)29-13-19(23)26/h1-2,5-10,15H,3-4,11-13H2,(H2,23,26)(H,24,27). The number of amides is 3. The average molecular weight is 432 g/mol. The van der Waals surface area contributed by atoms with Crippen molar-refractivity contribution >= 4 is 46.8 Å². The first kappa shape index (κ1) is 21.2. The topological polar surface area (TPSA) is 92.5 Å². The van der Waals surface area contributed by atoms with E-state index < -0.39 is 5.91 Å². The van der Waals surface area contributed by atoms with E-state index in [9.17, 15) is 14.4 Å². The Hall–Kier alpha value is -2.51. The molecule has 1 unspecified atom stereocenters. The van der Waals surface area contributed by atoms with Gasteiger partial charge in [0.15, 0.2) is 0 Å². The molecule has 0 aliphatic carbocycles. The van der Waals surface area contributed by atoms with Crippen LogP contribution in [0.1, 0.15) is 23.2 Å². The maximum absolute atomic E-state index is 12.8. The number of benzene rings is 2. The molecule has 1 heterocycles. The minimum atomic E-state index is -0.417. The van der Waals surface area contributed by atoms with Gasteiger partial charge in [0.05, 0.1) is 17.4 Å². The normalized spacial score (nSPS) is 16.3. The maximum atomic E-state index is 12.8. The van der Waals surface area contributed by atoms with Gasteiger partial charge in [0, 0.05) is 28.6 Å². The van der Waals surface area contributed by atoms with Crippen LogP contribution in [0.4, 0.5) is 5.69 Å². The summed E-state index contributed by atoms with van der Waals surface area (Å²) in [6, 6.07) is 14.0. The number of hydrogen-bond acceptors (Lipinski definition) is 4. The van der Waals surface area contributed by atoms with Gasteiger partial charge in [0.1, 0.15) is 0 Å². The second-order valence-electron chi connectivity index (χ2n) is 6.84. The summed E-state index contributed by atoms with van der Waals surface area (Å²) in [4.78, 5) is 39.1. The molecule has 0 bridgehead atoms. The number of carbonyl (C=O) groups excluding carboxylic acids is 3. The summed E-state index contributed by atoms with van der Waals surface area (Å²) in [5.41, 5.74) is 6.42. The van der Waals surface area contributed by atoms with E-state index in [4.69, 9.17) is 17.3 Å². The zero-order valence-corrected chi connectivity index (χ0v) is 17.3. The number of anilines is 1. The van der Waals surface area contributed by atoms with Crippen LogP contribution in [0.3, 0.4) is 0 Å². The van der Waals surface area contributed by atoms with Crippen molar-refractivity contribution < 1.29 is 14.4 Å². The second-order valence-corrected chi connectivity index (χ2v) is 8.29. The third-order valence-electron chi connectivity index (χ3n) is 4.69. The summed E-state index contributed by atoms with van der Waals surface area (Å²) in [6.07, 6.45) is 1.47. The number of nitrogens with zero attached hydrogens (tertiary/aromatic N) is 1. The van der Waals surface area contributed by atoms with Gasteiger partial charge in [-0.05, 0) is 49.2 Å². The van der Waals surface area contributed by atoms with Gasteiger partial charge in [-0.15, -0.1) is 11.8 Å². The van der Waals surface area contributed by atoms with Crippen LogP contribution in [0, 0.1) is 5.92 Å². The molecule has 2 aromatic carbocycles. The molecule has 3 N–H and O–H groups in total. The highest BCUT2D eigenvalue weighted by Crippen LogP contribution is 2.28. The third kappa shape index (κ3) is 5.74. The molecule has 1 aliphatic heterocycles. The fraction of sp³-hybridized carbons (Fsp3) is 0.286. The lowest BCUT2D eigenvalue weighted by Gasteiger charge is -2.32. The van der Waals surface area contributed by atoms with Crippen LogP contribution < -0.4 is 11.1 Å². The summed E-state index contributed by atoms with van der Waals surface area (Å²) in [5, 5.41) is 3.52. The van der Waals surface area contributed by atoms with E-state index in [1.807, 2.05) is 18.2 Å². The van der Waals surface area contributed by atoms with Crippen LogP contribution in [0.15, 0.2) is 53.4 Å². The van der Waals surface area contributed by atoms with Crippen LogP contribution in [-0.2, 0) is 9.59 Å². The molecule has 6 nitrogen and oxygen atoms in total. The van der Waals surface area contributed by atoms with Crippen molar-refractivity contribution in [2.24, 2.45) is 11.7 Å². The first-order valence-corrected chi connectivity index (χ1v) is 10.7. The van der Waals surface area contributed by atoms with Crippen molar-refractivity contribution in [3.63, 3.8) is 0 Å². The third-order valence-corrected chi connectivity index (χ3v) is 6.03. The monoisotopic (exact) mass is 431 g/mol. The molecule has 0 spiro atoms. The first-order chi connectivity index (χ1) is 13.9. The SMILES string of the molecule is NC(=O)CSc1ccccc1NC(=O)C1CCCN(C(=O)c2ccc(Cl)cc2)C1. The molecule has 2 aromatic rings. The Morgan fingerprint density at radius 3 is 2.59 bits per heavy atom. The highest BCUT2D eigenvalue weighted by Gasteiger charge is 2.29. The molecule has 29 heavy (non-hydrogen) atoms. The van der Waals surface area contributed by atoms with Gasteiger partial charge in [-0.1, -0.05) is 23.7 Å². The zero-order valence-electron chi connectivity index (χ0n) is 15.8. The van der Waals surface area contributed by atoms with Crippen molar-refractivity contribution in [2.75, 3.05) is 24.2 Å². The van der Waals surface area contributed by atoms with Crippen LogP contribution in [-0.4, -0.2) is 41.5 Å². The number of likely N-dealkylation sites (tertiary alicyclic amines) is 1. The highest BCUT2D eigenvalue weighted by molar-refractivity contribution is 8.00. The van der Waals surface area contributed by atoms with Gasteiger partial charge < -0.3 is 16.0 Å². The Labute approximate surface area is 178 Å². The van der Waals surface area contributed by atoms with E-state index in [1.54, 1.807) is 35.2 Å².